The van der Waals surface area contributed by atoms with Gasteiger partial charge in [-0.2, -0.15) is 0 Å². The van der Waals surface area contributed by atoms with Crippen molar-refractivity contribution in [1.82, 2.24) is 14.8 Å². The Morgan fingerprint density at radius 1 is 1.19 bits per heavy atom. The Balaban J connectivity index is 1.77. The van der Waals surface area contributed by atoms with Crippen molar-refractivity contribution < 1.29 is 14.0 Å². The van der Waals surface area contributed by atoms with Gasteiger partial charge >= 0.3 is 0 Å². The number of nitrogens with zero attached hydrogens (tertiary/aromatic N) is 3. The highest BCUT2D eigenvalue weighted by atomic mass is 16.3. The smallest absolute Gasteiger partial charge is 0.291 e. The van der Waals surface area contributed by atoms with Gasteiger partial charge in [-0.3, -0.25) is 9.59 Å². The van der Waals surface area contributed by atoms with Crippen LogP contribution in [0.2, 0.25) is 0 Å². The van der Waals surface area contributed by atoms with E-state index in [0.29, 0.717) is 31.6 Å². The summed E-state index contributed by atoms with van der Waals surface area (Å²) in [6.07, 6.45) is 2.33. The third kappa shape index (κ3) is 3.42. The molecule has 1 aliphatic rings. The van der Waals surface area contributed by atoms with Gasteiger partial charge in [-0.1, -0.05) is 18.2 Å². The van der Waals surface area contributed by atoms with Crippen LogP contribution in [0.5, 0.6) is 0 Å². The zero-order chi connectivity index (χ0) is 18.7. The van der Waals surface area contributed by atoms with E-state index in [1.165, 1.54) is 6.39 Å². The maximum Gasteiger partial charge on any atom is 0.291 e. The topological polar surface area (TPSA) is 78.7 Å². The minimum Gasteiger partial charge on any atom is -0.438 e. The number of nitrogens with one attached hydrogen (secondary N) is 1. The zero-order valence-electron chi connectivity index (χ0n) is 15.4. The molecular formula is C19H24N4O3. The third-order valence-electron chi connectivity index (χ3n) is 4.82. The molecular weight excluding hydrogens is 332 g/mol. The van der Waals surface area contributed by atoms with E-state index in [9.17, 15) is 9.59 Å². The van der Waals surface area contributed by atoms with Crippen LogP contribution in [0.1, 0.15) is 29.1 Å². The lowest BCUT2D eigenvalue weighted by Gasteiger charge is -2.42. The van der Waals surface area contributed by atoms with Crippen molar-refractivity contribution in [3.05, 3.63) is 48.2 Å². The predicted octanol–water partition coefficient (Wildman–Crippen LogP) is 2.16. The summed E-state index contributed by atoms with van der Waals surface area (Å²) < 4.78 is 5.22. The Morgan fingerprint density at radius 2 is 1.85 bits per heavy atom. The quantitative estimate of drug-likeness (QED) is 0.908. The molecule has 0 atom stereocenters. The summed E-state index contributed by atoms with van der Waals surface area (Å²) in [5, 5.41) is 3.42. The molecule has 3 rings (SSSR count). The number of piperidine rings is 1. The maximum absolute atomic E-state index is 12.9. The van der Waals surface area contributed by atoms with Gasteiger partial charge in [0.1, 0.15) is 5.54 Å². The van der Waals surface area contributed by atoms with E-state index < -0.39 is 5.54 Å². The van der Waals surface area contributed by atoms with Crippen molar-refractivity contribution in [3.63, 3.8) is 0 Å². The first-order valence-electron chi connectivity index (χ1n) is 8.67. The van der Waals surface area contributed by atoms with Crippen molar-refractivity contribution >= 4 is 17.5 Å². The van der Waals surface area contributed by atoms with Gasteiger partial charge in [0.25, 0.3) is 5.91 Å². The molecule has 2 heterocycles. The molecule has 0 unspecified atom stereocenters. The number of para-hydroxylation sites is 1. The Hall–Kier alpha value is -2.83. The Labute approximate surface area is 153 Å². The van der Waals surface area contributed by atoms with E-state index in [0.717, 1.165) is 5.69 Å². The summed E-state index contributed by atoms with van der Waals surface area (Å²) in [4.78, 5) is 32.9. The molecule has 7 nitrogen and oxygen atoms in total. The van der Waals surface area contributed by atoms with Crippen molar-refractivity contribution in [1.29, 1.82) is 0 Å². The molecule has 2 amide bonds. The van der Waals surface area contributed by atoms with Crippen molar-refractivity contribution in [2.45, 2.75) is 25.3 Å². The summed E-state index contributed by atoms with van der Waals surface area (Å²) in [5.41, 5.74) is 0.755. The Morgan fingerprint density at radius 3 is 2.38 bits per heavy atom. The minimum absolute atomic E-state index is 0.0179. The highest BCUT2D eigenvalue weighted by molar-refractivity contribution is 5.93. The highest BCUT2D eigenvalue weighted by Gasteiger charge is 2.43. The van der Waals surface area contributed by atoms with Crippen LogP contribution in [-0.2, 0) is 4.79 Å². The highest BCUT2D eigenvalue weighted by Crippen LogP contribution is 2.29. The molecule has 1 saturated heterocycles. The number of hydrogen-bond donors (Lipinski definition) is 1. The Bertz CT molecular complexity index is 777. The lowest BCUT2D eigenvalue weighted by Crippen LogP contribution is -2.58. The summed E-state index contributed by atoms with van der Waals surface area (Å²) >= 11 is 0. The molecule has 0 aliphatic carbocycles. The first kappa shape index (κ1) is 18.0. The molecule has 2 aromatic rings. The van der Waals surface area contributed by atoms with Crippen LogP contribution >= 0.6 is 0 Å². The average molecular weight is 356 g/mol. The zero-order valence-corrected chi connectivity index (χ0v) is 15.4. The molecule has 26 heavy (non-hydrogen) atoms. The maximum atomic E-state index is 12.9. The number of hydrogen-bond acceptors (Lipinski definition) is 5. The summed E-state index contributed by atoms with van der Waals surface area (Å²) in [6.45, 7) is 2.69. The summed E-state index contributed by atoms with van der Waals surface area (Å²) in [6, 6.07) is 9.69. The number of aromatic nitrogens is 1. The van der Waals surface area contributed by atoms with E-state index in [1.807, 2.05) is 30.3 Å². The number of carbonyl (C=O) groups excluding carboxylic acids is 2. The van der Waals surface area contributed by atoms with Crippen LogP contribution < -0.4 is 5.32 Å². The standard InChI is InChI=1S/C19H24N4O3/c1-14-16(26-13-20-14)17(24)23-11-9-19(10-12-23,18(25)22(2)3)21-15-7-5-4-6-8-15/h4-8,13,21H,9-12H2,1-3H3. The number of likely N-dealkylation sites (tertiary alicyclic amines) is 1. The predicted molar refractivity (Wildman–Crippen MR) is 97.9 cm³/mol. The fourth-order valence-electron chi connectivity index (χ4n) is 3.36. The second-order valence-electron chi connectivity index (χ2n) is 6.83. The van der Waals surface area contributed by atoms with Gasteiger partial charge in [0, 0.05) is 32.9 Å². The first-order valence-corrected chi connectivity index (χ1v) is 8.67. The summed E-state index contributed by atoms with van der Waals surface area (Å²) in [7, 11) is 3.51. The lowest BCUT2D eigenvalue weighted by molar-refractivity contribution is -0.135. The first-order chi connectivity index (χ1) is 12.4. The molecule has 0 saturated carbocycles. The largest absolute Gasteiger partial charge is 0.438 e. The molecule has 1 N–H and O–H groups in total. The van der Waals surface area contributed by atoms with Gasteiger partial charge in [-0.15, -0.1) is 0 Å². The number of likely N-dealkylation sites (N-methyl/N-ethyl adjacent to an activating group) is 1. The fourth-order valence-corrected chi connectivity index (χ4v) is 3.36. The molecule has 0 radical (unpaired) electrons. The number of carbonyl (C=O) groups is 2. The van der Waals surface area contributed by atoms with E-state index in [2.05, 4.69) is 10.3 Å². The number of anilines is 1. The van der Waals surface area contributed by atoms with Gasteiger partial charge in [0.05, 0.1) is 5.69 Å². The van der Waals surface area contributed by atoms with Gasteiger partial charge < -0.3 is 19.5 Å². The number of oxazole rings is 1. The normalized spacial score (nSPS) is 16.2. The van der Waals surface area contributed by atoms with Crippen LogP contribution in [0.4, 0.5) is 5.69 Å². The molecule has 138 valence electrons. The SMILES string of the molecule is Cc1ncoc1C(=O)N1CCC(Nc2ccccc2)(C(=O)N(C)C)CC1. The number of rotatable bonds is 4. The van der Waals surface area contributed by atoms with Crippen molar-refractivity contribution in [2.75, 3.05) is 32.5 Å². The second-order valence-corrected chi connectivity index (χ2v) is 6.83. The molecule has 1 aliphatic heterocycles. The van der Waals surface area contributed by atoms with E-state index >= 15 is 0 Å². The number of aryl methyl sites for hydroxylation is 1. The average Bonchev–Trinajstić information content (AvgIpc) is 3.08. The monoisotopic (exact) mass is 356 g/mol. The fraction of sp³-hybridized carbons (Fsp3) is 0.421. The summed E-state index contributed by atoms with van der Waals surface area (Å²) in [5.74, 6) is 0.113. The van der Waals surface area contributed by atoms with Gasteiger partial charge in [-0.05, 0) is 31.9 Å². The van der Waals surface area contributed by atoms with Crippen LogP contribution in [0, 0.1) is 6.92 Å². The molecule has 1 aromatic heterocycles. The van der Waals surface area contributed by atoms with Crippen molar-refractivity contribution in [3.8, 4) is 0 Å². The van der Waals surface area contributed by atoms with Crippen LogP contribution in [0.3, 0.4) is 0 Å². The second kappa shape index (κ2) is 7.19. The van der Waals surface area contributed by atoms with Gasteiger partial charge in [-0.25, -0.2) is 4.98 Å². The molecule has 1 fully saturated rings. The molecule has 1 aromatic carbocycles. The lowest BCUT2D eigenvalue weighted by atomic mass is 9.85. The van der Waals surface area contributed by atoms with Crippen LogP contribution in [-0.4, -0.2) is 59.3 Å². The van der Waals surface area contributed by atoms with Crippen LogP contribution in [0.25, 0.3) is 0 Å². The van der Waals surface area contributed by atoms with Gasteiger partial charge in [0.15, 0.2) is 6.39 Å². The van der Waals surface area contributed by atoms with Crippen LogP contribution in [0.15, 0.2) is 41.1 Å². The van der Waals surface area contributed by atoms with E-state index in [4.69, 9.17) is 4.42 Å². The van der Waals surface area contributed by atoms with E-state index in [1.54, 1.807) is 30.8 Å². The minimum atomic E-state index is -0.724. The van der Waals surface area contributed by atoms with E-state index in [-0.39, 0.29) is 17.6 Å². The molecule has 7 heteroatoms. The molecule has 0 spiro atoms. The van der Waals surface area contributed by atoms with Crippen molar-refractivity contribution in [2.24, 2.45) is 0 Å². The third-order valence-corrected chi connectivity index (χ3v) is 4.82. The Kier molecular flexibility index (Phi) is 4.97. The number of benzene rings is 1. The van der Waals surface area contributed by atoms with Gasteiger partial charge in [0.2, 0.25) is 11.7 Å². The number of amides is 2. The molecule has 0 bridgehead atoms.